The molecule has 92 valence electrons. The maximum atomic E-state index is 5.36. The average molecular weight is 242 g/mol. The summed E-state index contributed by atoms with van der Waals surface area (Å²) >= 11 is 1.86. The Labute approximate surface area is 102 Å². The predicted molar refractivity (Wildman–Crippen MR) is 70.1 cm³/mol. The fraction of sp³-hybridized carbons (Fsp3) is 0.917. The van der Waals surface area contributed by atoms with Crippen molar-refractivity contribution in [3.8, 4) is 0 Å². The number of amidine groups is 1. The summed E-state index contributed by atoms with van der Waals surface area (Å²) in [5.41, 5.74) is 0.223. The summed E-state index contributed by atoms with van der Waals surface area (Å²) in [5, 5.41) is 4.63. The van der Waals surface area contributed by atoms with Crippen LogP contribution in [0, 0.1) is 5.92 Å². The molecule has 1 unspecified atom stereocenters. The van der Waals surface area contributed by atoms with E-state index in [9.17, 15) is 0 Å². The second-order valence-corrected chi connectivity index (χ2v) is 6.40. The highest BCUT2D eigenvalue weighted by Gasteiger charge is 2.24. The van der Waals surface area contributed by atoms with Gasteiger partial charge in [0.15, 0.2) is 5.17 Å². The third-order valence-corrected chi connectivity index (χ3v) is 4.14. The molecule has 2 heterocycles. The molecule has 1 N–H and O–H groups in total. The Morgan fingerprint density at radius 3 is 3.12 bits per heavy atom. The van der Waals surface area contributed by atoms with Gasteiger partial charge in [0.1, 0.15) is 0 Å². The maximum Gasteiger partial charge on any atom is 0.156 e. The highest BCUT2D eigenvalue weighted by Crippen LogP contribution is 2.22. The first-order chi connectivity index (χ1) is 7.66. The van der Waals surface area contributed by atoms with Crippen molar-refractivity contribution in [3.05, 3.63) is 0 Å². The largest absolute Gasteiger partial charge is 0.381 e. The quantitative estimate of drug-likeness (QED) is 0.824. The van der Waals surface area contributed by atoms with E-state index in [2.05, 4.69) is 24.2 Å². The van der Waals surface area contributed by atoms with E-state index >= 15 is 0 Å². The molecule has 0 amide bonds. The molecule has 4 heteroatoms. The molecule has 2 aliphatic heterocycles. The van der Waals surface area contributed by atoms with Crippen LogP contribution in [0.2, 0.25) is 0 Å². The summed E-state index contributed by atoms with van der Waals surface area (Å²) in [5.74, 6) is 1.93. The number of hydrogen-bond acceptors (Lipinski definition) is 3. The normalized spacial score (nSPS) is 31.6. The zero-order chi connectivity index (χ0) is 11.4. The van der Waals surface area contributed by atoms with Crippen molar-refractivity contribution >= 4 is 16.9 Å². The smallest absolute Gasteiger partial charge is 0.156 e. The van der Waals surface area contributed by atoms with Crippen molar-refractivity contribution in [2.45, 2.75) is 38.6 Å². The van der Waals surface area contributed by atoms with Gasteiger partial charge in [0.2, 0.25) is 0 Å². The van der Waals surface area contributed by atoms with E-state index in [0.717, 1.165) is 30.8 Å². The number of aliphatic imine (C=N–C) groups is 1. The third-order valence-electron chi connectivity index (χ3n) is 3.23. The van der Waals surface area contributed by atoms with Crippen LogP contribution in [0.4, 0.5) is 0 Å². The number of nitrogens with one attached hydrogen (secondary N) is 1. The lowest BCUT2D eigenvalue weighted by Crippen LogP contribution is -2.46. The fourth-order valence-electron chi connectivity index (χ4n) is 2.04. The minimum Gasteiger partial charge on any atom is -0.381 e. The fourth-order valence-corrected chi connectivity index (χ4v) is 3.37. The number of nitrogens with zero attached hydrogens (tertiary/aromatic N) is 1. The minimum atomic E-state index is 0.223. The van der Waals surface area contributed by atoms with E-state index in [1.807, 2.05) is 11.8 Å². The zero-order valence-corrected chi connectivity index (χ0v) is 11.1. The topological polar surface area (TPSA) is 33.6 Å². The van der Waals surface area contributed by atoms with E-state index < -0.39 is 0 Å². The van der Waals surface area contributed by atoms with Crippen molar-refractivity contribution < 1.29 is 4.74 Å². The Balaban J connectivity index is 1.73. The zero-order valence-electron chi connectivity index (χ0n) is 10.3. The van der Waals surface area contributed by atoms with Gasteiger partial charge in [-0.1, -0.05) is 11.8 Å². The molecule has 0 aromatic rings. The molecule has 2 saturated heterocycles. The SMILES string of the molecule is CC1(C)CCSC(=NCCC2CCOC2)N1. The second-order valence-electron chi connectivity index (χ2n) is 5.31. The predicted octanol–water partition coefficient (Wildman–Crippen LogP) is 2.27. The summed E-state index contributed by atoms with van der Waals surface area (Å²) in [6.07, 6.45) is 3.61. The Bertz CT molecular complexity index is 260. The van der Waals surface area contributed by atoms with Crippen molar-refractivity contribution in [2.75, 3.05) is 25.5 Å². The number of hydrogen-bond donors (Lipinski definition) is 1. The summed E-state index contributed by atoms with van der Waals surface area (Å²) < 4.78 is 5.36. The van der Waals surface area contributed by atoms with Crippen LogP contribution in [0.1, 0.15) is 33.1 Å². The van der Waals surface area contributed by atoms with Gasteiger partial charge in [-0.25, -0.2) is 0 Å². The van der Waals surface area contributed by atoms with Gasteiger partial charge in [-0.15, -0.1) is 0 Å². The molecule has 0 aliphatic carbocycles. The maximum absolute atomic E-state index is 5.36. The van der Waals surface area contributed by atoms with Crippen molar-refractivity contribution in [1.29, 1.82) is 0 Å². The molecule has 3 nitrogen and oxygen atoms in total. The summed E-state index contributed by atoms with van der Waals surface area (Å²) in [4.78, 5) is 4.66. The molecule has 0 bridgehead atoms. The van der Waals surface area contributed by atoms with Crippen LogP contribution in [-0.4, -0.2) is 36.2 Å². The average Bonchev–Trinajstić information content (AvgIpc) is 2.69. The molecular weight excluding hydrogens is 220 g/mol. The molecule has 0 aromatic carbocycles. The van der Waals surface area contributed by atoms with E-state index in [1.54, 1.807) is 0 Å². The minimum absolute atomic E-state index is 0.223. The van der Waals surface area contributed by atoms with Gasteiger partial charge in [0, 0.05) is 31.1 Å². The molecule has 16 heavy (non-hydrogen) atoms. The Morgan fingerprint density at radius 2 is 2.44 bits per heavy atom. The molecule has 0 radical (unpaired) electrons. The molecule has 0 saturated carbocycles. The first-order valence-corrected chi connectivity index (χ1v) is 7.17. The van der Waals surface area contributed by atoms with Crippen LogP contribution >= 0.6 is 11.8 Å². The molecule has 2 fully saturated rings. The summed E-state index contributed by atoms with van der Waals surface area (Å²) in [6, 6.07) is 0. The number of ether oxygens (including phenoxy) is 1. The lowest BCUT2D eigenvalue weighted by Gasteiger charge is -2.32. The van der Waals surface area contributed by atoms with E-state index in [4.69, 9.17) is 4.74 Å². The van der Waals surface area contributed by atoms with Crippen LogP contribution in [-0.2, 0) is 4.74 Å². The van der Waals surface area contributed by atoms with Gasteiger partial charge in [-0.3, -0.25) is 4.99 Å². The van der Waals surface area contributed by atoms with Gasteiger partial charge in [0.05, 0.1) is 0 Å². The van der Waals surface area contributed by atoms with Crippen LogP contribution in [0.3, 0.4) is 0 Å². The van der Waals surface area contributed by atoms with Crippen LogP contribution in [0.5, 0.6) is 0 Å². The number of thioether (sulfide) groups is 1. The standard InChI is InChI=1S/C12H22N2OS/c1-12(2)5-8-16-11(14-12)13-6-3-10-4-7-15-9-10/h10H,3-9H2,1-2H3,(H,13,14). The summed E-state index contributed by atoms with van der Waals surface area (Å²) in [7, 11) is 0. The van der Waals surface area contributed by atoms with Gasteiger partial charge in [-0.2, -0.15) is 0 Å². The molecule has 2 rings (SSSR count). The van der Waals surface area contributed by atoms with Crippen molar-refractivity contribution in [3.63, 3.8) is 0 Å². The Hall–Kier alpha value is -0.220. The highest BCUT2D eigenvalue weighted by atomic mass is 32.2. The number of rotatable bonds is 3. The van der Waals surface area contributed by atoms with Crippen LogP contribution in [0.15, 0.2) is 4.99 Å². The molecule has 0 aromatic heterocycles. The van der Waals surface area contributed by atoms with Gasteiger partial charge in [0.25, 0.3) is 0 Å². The van der Waals surface area contributed by atoms with E-state index in [0.29, 0.717) is 0 Å². The lowest BCUT2D eigenvalue weighted by molar-refractivity contribution is 0.184. The summed E-state index contributed by atoms with van der Waals surface area (Å²) in [6.45, 7) is 7.32. The molecule has 2 aliphatic rings. The second kappa shape index (κ2) is 5.41. The van der Waals surface area contributed by atoms with Crippen LogP contribution in [0.25, 0.3) is 0 Å². The first kappa shape index (κ1) is 12.2. The Kier molecular flexibility index (Phi) is 4.14. The Morgan fingerprint density at radius 1 is 1.56 bits per heavy atom. The van der Waals surface area contributed by atoms with E-state index in [-0.39, 0.29) is 5.54 Å². The van der Waals surface area contributed by atoms with Gasteiger partial charge >= 0.3 is 0 Å². The van der Waals surface area contributed by atoms with Crippen molar-refractivity contribution in [1.82, 2.24) is 5.32 Å². The molecule has 1 atom stereocenters. The van der Waals surface area contributed by atoms with Gasteiger partial charge in [-0.05, 0) is 39.0 Å². The molecule has 0 spiro atoms. The van der Waals surface area contributed by atoms with E-state index in [1.165, 1.54) is 25.0 Å². The molecular formula is C12H22N2OS. The van der Waals surface area contributed by atoms with Crippen LogP contribution < -0.4 is 5.32 Å². The monoisotopic (exact) mass is 242 g/mol. The lowest BCUT2D eigenvalue weighted by atomic mass is 10.0. The van der Waals surface area contributed by atoms with Crippen molar-refractivity contribution in [2.24, 2.45) is 10.9 Å². The third kappa shape index (κ3) is 3.67. The van der Waals surface area contributed by atoms with Gasteiger partial charge < -0.3 is 10.1 Å². The first-order valence-electron chi connectivity index (χ1n) is 6.19. The highest BCUT2D eigenvalue weighted by molar-refractivity contribution is 8.13.